The highest BCUT2D eigenvalue weighted by atomic mass is 16.5. The van der Waals surface area contributed by atoms with Gasteiger partial charge in [-0.3, -0.25) is 4.90 Å². The number of unbranched alkanes of at least 4 members (excludes halogenated alkanes) is 1. The summed E-state index contributed by atoms with van der Waals surface area (Å²) in [6.45, 7) is 6.27. The third kappa shape index (κ3) is 4.40. The van der Waals surface area contributed by atoms with Crippen LogP contribution >= 0.6 is 0 Å². The molecular formula is C11H23NO2. The van der Waals surface area contributed by atoms with Crippen LogP contribution in [0.15, 0.2) is 0 Å². The average molecular weight is 201 g/mol. The standard InChI is InChI=1S/C11H23NO2/c1-2-3-6-12(7-8-13)10-11-5-4-9-14-11/h11,13H,2-10H2,1H3. The number of hydrogen-bond acceptors (Lipinski definition) is 3. The normalized spacial score (nSPS) is 22.1. The Morgan fingerprint density at radius 2 is 2.29 bits per heavy atom. The van der Waals surface area contributed by atoms with Crippen molar-refractivity contribution in [2.45, 2.75) is 38.7 Å². The molecule has 1 atom stereocenters. The molecule has 0 amide bonds. The van der Waals surface area contributed by atoms with Gasteiger partial charge in [0.15, 0.2) is 0 Å². The van der Waals surface area contributed by atoms with Gasteiger partial charge in [-0.1, -0.05) is 13.3 Å². The summed E-state index contributed by atoms with van der Waals surface area (Å²) in [7, 11) is 0. The average Bonchev–Trinajstić information content (AvgIpc) is 2.67. The first-order chi connectivity index (χ1) is 6.86. The number of rotatable bonds is 7. The Balaban J connectivity index is 2.18. The van der Waals surface area contributed by atoms with Crippen LogP contribution in [-0.4, -0.2) is 49.0 Å². The van der Waals surface area contributed by atoms with Crippen molar-refractivity contribution in [1.29, 1.82) is 0 Å². The molecule has 1 saturated heterocycles. The van der Waals surface area contributed by atoms with Gasteiger partial charge in [-0.25, -0.2) is 0 Å². The third-order valence-corrected chi connectivity index (χ3v) is 2.73. The van der Waals surface area contributed by atoms with Gasteiger partial charge in [-0.05, 0) is 25.8 Å². The summed E-state index contributed by atoms with van der Waals surface area (Å²) in [5.74, 6) is 0. The van der Waals surface area contributed by atoms with E-state index in [1.165, 1.54) is 25.7 Å². The second-order valence-electron chi connectivity index (χ2n) is 4.01. The van der Waals surface area contributed by atoms with Crippen molar-refractivity contribution in [2.24, 2.45) is 0 Å². The summed E-state index contributed by atoms with van der Waals surface area (Å²) in [6, 6.07) is 0. The van der Waals surface area contributed by atoms with E-state index in [9.17, 15) is 0 Å². The lowest BCUT2D eigenvalue weighted by Gasteiger charge is -2.24. The fourth-order valence-corrected chi connectivity index (χ4v) is 1.89. The smallest absolute Gasteiger partial charge is 0.0702 e. The van der Waals surface area contributed by atoms with Crippen LogP contribution in [0.3, 0.4) is 0 Å². The van der Waals surface area contributed by atoms with Crippen LogP contribution in [-0.2, 0) is 4.74 Å². The predicted octanol–water partition coefficient (Wildman–Crippen LogP) is 1.26. The second kappa shape index (κ2) is 7.21. The van der Waals surface area contributed by atoms with E-state index >= 15 is 0 Å². The number of aliphatic hydroxyl groups excluding tert-OH is 1. The lowest BCUT2D eigenvalue weighted by atomic mass is 10.2. The Morgan fingerprint density at radius 3 is 2.86 bits per heavy atom. The van der Waals surface area contributed by atoms with Crippen LogP contribution in [0.2, 0.25) is 0 Å². The van der Waals surface area contributed by atoms with Gasteiger partial charge in [0, 0.05) is 19.7 Å². The van der Waals surface area contributed by atoms with E-state index in [-0.39, 0.29) is 6.61 Å². The Labute approximate surface area is 87.1 Å². The highest BCUT2D eigenvalue weighted by Crippen LogP contribution is 2.13. The van der Waals surface area contributed by atoms with Crippen LogP contribution in [0.25, 0.3) is 0 Å². The molecule has 3 heteroatoms. The Hall–Kier alpha value is -0.120. The van der Waals surface area contributed by atoms with Crippen molar-refractivity contribution in [2.75, 3.05) is 32.8 Å². The van der Waals surface area contributed by atoms with Crippen LogP contribution in [0.4, 0.5) is 0 Å². The zero-order valence-electron chi connectivity index (χ0n) is 9.24. The minimum atomic E-state index is 0.260. The van der Waals surface area contributed by atoms with E-state index in [0.29, 0.717) is 6.10 Å². The van der Waals surface area contributed by atoms with E-state index in [1.807, 2.05) is 0 Å². The van der Waals surface area contributed by atoms with Gasteiger partial charge < -0.3 is 9.84 Å². The quantitative estimate of drug-likeness (QED) is 0.673. The highest BCUT2D eigenvalue weighted by molar-refractivity contribution is 4.70. The van der Waals surface area contributed by atoms with Crippen molar-refractivity contribution in [3.05, 3.63) is 0 Å². The topological polar surface area (TPSA) is 32.7 Å². The van der Waals surface area contributed by atoms with E-state index < -0.39 is 0 Å². The minimum absolute atomic E-state index is 0.260. The van der Waals surface area contributed by atoms with Crippen molar-refractivity contribution < 1.29 is 9.84 Å². The maximum absolute atomic E-state index is 8.93. The molecule has 14 heavy (non-hydrogen) atoms. The molecule has 0 aliphatic carbocycles. The SMILES string of the molecule is CCCCN(CCO)CC1CCCO1. The zero-order valence-corrected chi connectivity index (χ0v) is 9.24. The molecule has 1 heterocycles. The number of nitrogens with zero attached hydrogens (tertiary/aromatic N) is 1. The highest BCUT2D eigenvalue weighted by Gasteiger charge is 2.18. The van der Waals surface area contributed by atoms with Crippen molar-refractivity contribution in [3.8, 4) is 0 Å². The molecular weight excluding hydrogens is 178 g/mol. The van der Waals surface area contributed by atoms with Gasteiger partial charge in [0.1, 0.15) is 0 Å². The van der Waals surface area contributed by atoms with E-state index in [0.717, 1.165) is 26.2 Å². The third-order valence-electron chi connectivity index (χ3n) is 2.73. The minimum Gasteiger partial charge on any atom is -0.395 e. The van der Waals surface area contributed by atoms with E-state index in [2.05, 4.69) is 11.8 Å². The first-order valence-electron chi connectivity index (χ1n) is 5.81. The molecule has 84 valence electrons. The fraction of sp³-hybridized carbons (Fsp3) is 1.00. The fourth-order valence-electron chi connectivity index (χ4n) is 1.89. The van der Waals surface area contributed by atoms with Crippen LogP contribution in [0, 0.1) is 0 Å². The summed E-state index contributed by atoms with van der Waals surface area (Å²) in [4.78, 5) is 2.32. The summed E-state index contributed by atoms with van der Waals surface area (Å²) in [6.07, 6.45) is 5.23. The maximum atomic E-state index is 8.93. The van der Waals surface area contributed by atoms with Gasteiger partial charge in [-0.15, -0.1) is 0 Å². The van der Waals surface area contributed by atoms with Crippen LogP contribution < -0.4 is 0 Å². The number of aliphatic hydroxyl groups is 1. The van der Waals surface area contributed by atoms with Gasteiger partial charge in [-0.2, -0.15) is 0 Å². The Kier molecular flexibility index (Phi) is 6.15. The molecule has 0 aromatic heterocycles. The molecule has 3 nitrogen and oxygen atoms in total. The molecule has 0 bridgehead atoms. The first kappa shape index (κ1) is 12.0. The van der Waals surface area contributed by atoms with E-state index in [4.69, 9.17) is 9.84 Å². The summed E-state index contributed by atoms with van der Waals surface area (Å²) in [5.41, 5.74) is 0. The molecule has 1 aliphatic heterocycles. The second-order valence-corrected chi connectivity index (χ2v) is 4.01. The number of ether oxygens (including phenoxy) is 1. The Morgan fingerprint density at radius 1 is 1.43 bits per heavy atom. The molecule has 1 aliphatic rings. The Bertz CT molecular complexity index is 135. The van der Waals surface area contributed by atoms with Crippen molar-refractivity contribution in [1.82, 2.24) is 4.90 Å². The predicted molar refractivity (Wildman–Crippen MR) is 57.4 cm³/mol. The first-order valence-corrected chi connectivity index (χ1v) is 5.81. The summed E-state index contributed by atoms with van der Waals surface area (Å²) >= 11 is 0. The van der Waals surface area contributed by atoms with Crippen LogP contribution in [0.1, 0.15) is 32.6 Å². The molecule has 1 rings (SSSR count). The van der Waals surface area contributed by atoms with Gasteiger partial charge >= 0.3 is 0 Å². The monoisotopic (exact) mass is 201 g/mol. The molecule has 1 N–H and O–H groups in total. The molecule has 1 fully saturated rings. The molecule has 0 saturated carbocycles. The molecule has 0 spiro atoms. The lowest BCUT2D eigenvalue weighted by molar-refractivity contribution is 0.0661. The maximum Gasteiger partial charge on any atom is 0.0702 e. The van der Waals surface area contributed by atoms with Gasteiger partial charge in [0.2, 0.25) is 0 Å². The summed E-state index contributed by atoms with van der Waals surface area (Å²) < 4.78 is 5.59. The molecule has 0 radical (unpaired) electrons. The van der Waals surface area contributed by atoms with E-state index in [1.54, 1.807) is 0 Å². The largest absolute Gasteiger partial charge is 0.395 e. The molecule has 1 unspecified atom stereocenters. The van der Waals surface area contributed by atoms with Crippen molar-refractivity contribution in [3.63, 3.8) is 0 Å². The molecule has 0 aromatic rings. The lowest BCUT2D eigenvalue weighted by Crippen LogP contribution is -2.35. The molecule has 0 aromatic carbocycles. The van der Waals surface area contributed by atoms with Crippen LogP contribution in [0.5, 0.6) is 0 Å². The van der Waals surface area contributed by atoms with Gasteiger partial charge in [0.05, 0.1) is 12.7 Å². The zero-order chi connectivity index (χ0) is 10.2. The van der Waals surface area contributed by atoms with Crippen molar-refractivity contribution >= 4 is 0 Å². The van der Waals surface area contributed by atoms with Gasteiger partial charge in [0.25, 0.3) is 0 Å². The summed E-state index contributed by atoms with van der Waals surface area (Å²) in [5, 5.41) is 8.93. The number of hydrogen-bond donors (Lipinski definition) is 1.